The Morgan fingerprint density at radius 2 is 1.92 bits per heavy atom. The molecule has 1 aliphatic rings. The van der Waals surface area contributed by atoms with E-state index in [-0.39, 0.29) is 5.78 Å². The van der Waals surface area contributed by atoms with Gasteiger partial charge in [-0.25, -0.2) is 0 Å². The van der Waals surface area contributed by atoms with Gasteiger partial charge in [0.1, 0.15) is 10.5 Å². The van der Waals surface area contributed by atoms with Crippen LogP contribution in [0.1, 0.15) is 46.5 Å². The molecule has 3 heteroatoms. The van der Waals surface area contributed by atoms with Crippen molar-refractivity contribution in [3.05, 3.63) is 84.4 Å². The standard InChI is InChI=1S/C22H24O2S/c1-3-14-22(25-15-4-2,20(23)17-10-6-5-7-11-17)21-19-13-9-8-12-18(19)16-24-21/h3-7,10-11,16H,1-2,8-9,12-15H2. The average Bonchev–Trinajstić information content (AvgIpc) is 3.10. The first-order chi connectivity index (χ1) is 12.2. The van der Waals surface area contributed by atoms with Crippen molar-refractivity contribution in [2.45, 2.75) is 36.9 Å². The largest absolute Gasteiger partial charge is 0.467 e. The number of ketones is 1. The summed E-state index contributed by atoms with van der Waals surface area (Å²) in [5.41, 5.74) is 3.20. The lowest BCUT2D eigenvalue weighted by Gasteiger charge is -2.30. The van der Waals surface area contributed by atoms with Crippen LogP contribution in [0.4, 0.5) is 0 Å². The summed E-state index contributed by atoms with van der Waals surface area (Å²) in [5.74, 6) is 1.59. The van der Waals surface area contributed by atoms with Crippen LogP contribution in [0.25, 0.3) is 0 Å². The van der Waals surface area contributed by atoms with E-state index in [4.69, 9.17) is 4.42 Å². The molecule has 3 rings (SSSR count). The van der Waals surface area contributed by atoms with Gasteiger partial charge in [-0.05, 0) is 43.2 Å². The summed E-state index contributed by atoms with van der Waals surface area (Å²) < 4.78 is 5.28. The number of furan rings is 1. The molecule has 1 heterocycles. The number of Topliss-reactive ketones (excluding diaryl/α,β-unsaturated/α-hetero) is 1. The minimum Gasteiger partial charge on any atom is -0.467 e. The number of benzene rings is 1. The fourth-order valence-electron chi connectivity index (χ4n) is 3.56. The van der Waals surface area contributed by atoms with Gasteiger partial charge in [0, 0.05) is 11.3 Å². The first-order valence-electron chi connectivity index (χ1n) is 8.78. The molecule has 0 N–H and O–H groups in total. The van der Waals surface area contributed by atoms with Crippen LogP contribution < -0.4 is 0 Å². The third-order valence-electron chi connectivity index (χ3n) is 4.75. The van der Waals surface area contributed by atoms with Crippen molar-refractivity contribution in [3.63, 3.8) is 0 Å². The summed E-state index contributed by atoms with van der Waals surface area (Å²) in [4.78, 5) is 13.6. The second-order valence-electron chi connectivity index (χ2n) is 6.39. The summed E-state index contributed by atoms with van der Waals surface area (Å²) in [5, 5.41) is 0. The molecule has 0 amide bonds. The van der Waals surface area contributed by atoms with E-state index < -0.39 is 4.75 Å². The zero-order chi connectivity index (χ0) is 17.7. The first kappa shape index (κ1) is 17.8. The smallest absolute Gasteiger partial charge is 0.186 e. The highest BCUT2D eigenvalue weighted by Gasteiger charge is 2.45. The maximum absolute atomic E-state index is 13.6. The molecular weight excluding hydrogens is 328 g/mol. The third-order valence-corrected chi connectivity index (χ3v) is 6.19. The maximum atomic E-state index is 13.6. The number of allylic oxidation sites excluding steroid dienone is 1. The van der Waals surface area contributed by atoms with Gasteiger partial charge in [0.25, 0.3) is 0 Å². The molecule has 0 saturated carbocycles. The molecule has 0 radical (unpaired) electrons. The second-order valence-corrected chi connectivity index (χ2v) is 7.71. The lowest BCUT2D eigenvalue weighted by molar-refractivity contribution is 0.0930. The van der Waals surface area contributed by atoms with Crippen LogP contribution in [-0.4, -0.2) is 11.5 Å². The number of thioether (sulfide) groups is 1. The van der Waals surface area contributed by atoms with Crippen molar-refractivity contribution in [3.8, 4) is 0 Å². The lowest BCUT2D eigenvalue weighted by atomic mass is 9.85. The van der Waals surface area contributed by atoms with Crippen molar-refractivity contribution in [2.24, 2.45) is 0 Å². The molecule has 25 heavy (non-hydrogen) atoms. The molecule has 2 aromatic rings. The van der Waals surface area contributed by atoms with Gasteiger partial charge in [-0.15, -0.1) is 24.9 Å². The van der Waals surface area contributed by atoms with Crippen LogP contribution in [-0.2, 0) is 17.6 Å². The number of aryl methyl sites for hydroxylation is 1. The average molecular weight is 352 g/mol. The summed E-state index contributed by atoms with van der Waals surface area (Å²) in [6.45, 7) is 7.75. The molecule has 0 saturated heterocycles. The predicted octanol–water partition coefficient (Wildman–Crippen LogP) is 5.73. The quantitative estimate of drug-likeness (QED) is 0.449. The Morgan fingerprint density at radius 1 is 1.16 bits per heavy atom. The highest BCUT2D eigenvalue weighted by Crippen LogP contribution is 2.47. The fourth-order valence-corrected chi connectivity index (χ4v) is 4.75. The molecule has 1 aromatic carbocycles. The van der Waals surface area contributed by atoms with E-state index in [1.54, 1.807) is 11.8 Å². The molecule has 130 valence electrons. The molecular formula is C22H24O2S. The SMILES string of the molecule is C=CCSC(CC=C)(C(=O)c1ccccc1)c1occ2c1CCCC2. The molecule has 0 aliphatic heterocycles. The number of carbonyl (C=O) groups is 1. The number of fused-ring (bicyclic) bond motifs is 1. The molecule has 0 spiro atoms. The lowest BCUT2D eigenvalue weighted by Crippen LogP contribution is -2.33. The molecule has 1 atom stereocenters. The number of rotatable bonds is 8. The van der Waals surface area contributed by atoms with Gasteiger partial charge in [0.15, 0.2) is 5.78 Å². The van der Waals surface area contributed by atoms with Gasteiger partial charge < -0.3 is 4.42 Å². The van der Waals surface area contributed by atoms with E-state index in [0.717, 1.165) is 25.0 Å². The normalized spacial score (nSPS) is 15.8. The number of hydrogen-bond donors (Lipinski definition) is 0. The highest BCUT2D eigenvalue weighted by atomic mass is 32.2. The Kier molecular flexibility index (Phi) is 5.64. The topological polar surface area (TPSA) is 30.2 Å². The van der Waals surface area contributed by atoms with Crippen LogP contribution in [0.5, 0.6) is 0 Å². The third kappa shape index (κ3) is 3.38. The van der Waals surface area contributed by atoms with Crippen LogP contribution in [0.15, 0.2) is 66.3 Å². The molecule has 1 unspecified atom stereocenters. The van der Waals surface area contributed by atoms with Crippen molar-refractivity contribution in [1.29, 1.82) is 0 Å². The van der Waals surface area contributed by atoms with Gasteiger partial charge in [-0.1, -0.05) is 42.5 Å². The van der Waals surface area contributed by atoms with Crippen molar-refractivity contribution >= 4 is 17.5 Å². The van der Waals surface area contributed by atoms with Crippen molar-refractivity contribution in [2.75, 3.05) is 5.75 Å². The van der Waals surface area contributed by atoms with Gasteiger partial charge in [0.2, 0.25) is 0 Å². The summed E-state index contributed by atoms with van der Waals surface area (Å²) in [7, 11) is 0. The van der Waals surface area contributed by atoms with Gasteiger partial charge in [-0.3, -0.25) is 4.79 Å². The highest BCUT2D eigenvalue weighted by molar-refractivity contribution is 8.01. The Labute approximate surface area is 154 Å². The number of carbonyl (C=O) groups excluding carboxylic acids is 1. The summed E-state index contributed by atoms with van der Waals surface area (Å²) >= 11 is 1.59. The van der Waals surface area contributed by atoms with E-state index in [9.17, 15) is 4.79 Å². The minimum absolute atomic E-state index is 0.0857. The molecule has 2 nitrogen and oxygen atoms in total. The monoisotopic (exact) mass is 352 g/mol. The Morgan fingerprint density at radius 3 is 2.64 bits per heavy atom. The van der Waals surface area contributed by atoms with E-state index in [2.05, 4.69) is 13.2 Å². The maximum Gasteiger partial charge on any atom is 0.186 e. The summed E-state index contributed by atoms with van der Waals surface area (Å²) in [6.07, 6.45) is 10.4. The molecule has 0 bridgehead atoms. The van der Waals surface area contributed by atoms with Crippen molar-refractivity contribution < 1.29 is 9.21 Å². The Bertz CT molecular complexity index is 760. The van der Waals surface area contributed by atoms with Crippen LogP contribution in [0, 0.1) is 0 Å². The molecule has 1 aliphatic carbocycles. The van der Waals surface area contributed by atoms with Crippen LogP contribution >= 0.6 is 11.8 Å². The Hall–Kier alpha value is -2.00. The predicted molar refractivity (Wildman–Crippen MR) is 105 cm³/mol. The van der Waals surface area contributed by atoms with Crippen LogP contribution in [0.2, 0.25) is 0 Å². The number of hydrogen-bond acceptors (Lipinski definition) is 3. The molecule has 0 fully saturated rings. The fraction of sp³-hybridized carbons (Fsp3) is 0.318. The van der Waals surface area contributed by atoms with E-state index >= 15 is 0 Å². The zero-order valence-corrected chi connectivity index (χ0v) is 15.3. The minimum atomic E-state index is -0.776. The van der Waals surface area contributed by atoms with Gasteiger partial charge >= 0.3 is 0 Å². The van der Waals surface area contributed by atoms with Gasteiger partial charge in [-0.2, -0.15) is 0 Å². The zero-order valence-electron chi connectivity index (χ0n) is 14.5. The Balaban J connectivity index is 2.13. The summed E-state index contributed by atoms with van der Waals surface area (Å²) in [6, 6.07) is 9.50. The van der Waals surface area contributed by atoms with Crippen LogP contribution in [0.3, 0.4) is 0 Å². The first-order valence-corrected chi connectivity index (χ1v) is 9.77. The van der Waals surface area contributed by atoms with E-state index in [1.165, 1.54) is 17.5 Å². The van der Waals surface area contributed by atoms with Crippen molar-refractivity contribution in [1.82, 2.24) is 0 Å². The molecule has 1 aromatic heterocycles. The van der Waals surface area contributed by atoms with E-state index in [0.29, 0.717) is 17.7 Å². The second kappa shape index (κ2) is 7.92. The van der Waals surface area contributed by atoms with Gasteiger partial charge in [0.05, 0.1) is 6.26 Å². The van der Waals surface area contributed by atoms with E-state index in [1.807, 2.05) is 48.7 Å².